The second-order valence-electron chi connectivity index (χ2n) is 11.2. The Morgan fingerprint density at radius 1 is 1.02 bits per heavy atom. The number of hydrogen-bond donors (Lipinski definition) is 0. The summed E-state index contributed by atoms with van der Waals surface area (Å²) in [6, 6.07) is 13.7. The van der Waals surface area contributed by atoms with Gasteiger partial charge < -0.3 is 0 Å². The van der Waals surface area contributed by atoms with Gasteiger partial charge in [0.25, 0.3) is 0 Å². The van der Waals surface area contributed by atoms with Crippen LogP contribution >= 0.6 is 11.3 Å². The van der Waals surface area contributed by atoms with Gasteiger partial charge in [-0.05, 0) is 80.5 Å². The number of piperidine rings is 1. The third-order valence-electron chi connectivity index (χ3n) is 8.47. The van der Waals surface area contributed by atoms with Crippen molar-refractivity contribution in [2.45, 2.75) is 46.0 Å². The number of halogens is 2. The lowest BCUT2D eigenvalue weighted by atomic mass is 9.91. The Hall–Kier alpha value is -3.98. The lowest BCUT2D eigenvalue weighted by Crippen LogP contribution is -2.37. The van der Waals surface area contributed by atoms with E-state index in [9.17, 15) is 18.1 Å². The predicted molar refractivity (Wildman–Crippen MR) is 169 cm³/mol. The molecule has 1 fully saturated rings. The molecule has 44 heavy (non-hydrogen) atoms. The summed E-state index contributed by atoms with van der Waals surface area (Å²) in [7, 11) is -3.21. The van der Waals surface area contributed by atoms with E-state index in [4.69, 9.17) is 9.97 Å². The normalized spacial score (nSPS) is 14.8. The van der Waals surface area contributed by atoms with E-state index in [1.807, 2.05) is 36.5 Å². The van der Waals surface area contributed by atoms with Crippen molar-refractivity contribution in [2.24, 2.45) is 0 Å². The first-order valence-corrected chi connectivity index (χ1v) is 17.1. The average molecular weight is 632 g/mol. The summed E-state index contributed by atoms with van der Waals surface area (Å²) in [5.41, 5.74) is 6.35. The van der Waals surface area contributed by atoms with Crippen molar-refractivity contribution in [1.82, 2.24) is 18.7 Å². The quantitative estimate of drug-likeness (QED) is 0.197. The average Bonchev–Trinajstić information content (AvgIpc) is 3.57. The number of fused-ring (bicyclic) bond motifs is 1. The Labute approximate surface area is 259 Å². The second-order valence-corrected chi connectivity index (χ2v) is 14.4. The van der Waals surface area contributed by atoms with Crippen LogP contribution in [0, 0.1) is 36.8 Å². The van der Waals surface area contributed by atoms with E-state index in [1.165, 1.54) is 40.1 Å². The van der Waals surface area contributed by atoms with E-state index in [1.54, 1.807) is 13.0 Å². The van der Waals surface area contributed by atoms with Gasteiger partial charge in [-0.15, -0.1) is 11.3 Å². The fourth-order valence-electron chi connectivity index (χ4n) is 6.09. The zero-order valence-corrected chi connectivity index (χ0v) is 26.5. The molecule has 0 aliphatic carbocycles. The number of hydrogen-bond acceptors (Lipinski definition) is 6. The molecule has 5 aromatic rings. The SMILES string of the molecule is CCc1nc2ccc(C3CCN(S(C)(=O)=O)CC3)cn2c1-c1ccc(-c2nc(-c3ccc(F)cc3C#N)c(C)s2)c(F)c1C. The maximum atomic E-state index is 16.2. The summed E-state index contributed by atoms with van der Waals surface area (Å²) in [6.45, 7) is 6.61. The minimum atomic E-state index is -3.21. The minimum Gasteiger partial charge on any atom is -0.299 e. The van der Waals surface area contributed by atoms with E-state index in [0.717, 1.165) is 45.9 Å². The highest BCUT2D eigenvalue weighted by Gasteiger charge is 2.27. The summed E-state index contributed by atoms with van der Waals surface area (Å²) < 4.78 is 57.5. The van der Waals surface area contributed by atoms with Crippen molar-refractivity contribution in [2.75, 3.05) is 19.3 Å². The number of imidazole rings is 1. The summed E-state index contributed by atoms with van der Waals surface area (Å²) in [6.07, 6.45) is 5.44. The molecule has 2 aromatic carbocycles. The second kappa shape index (κ2) is 11.5. The molecule has 6 rings (SSSR count). The predicted octanol–water partition coefficient (Wildman–Crippen LogP) is 7.26. The van der Waals surface area contributed by atoms with Gasteiger partial charge in [-0.1, -0.05) is 19.1 Å². The molecule has 0 bridgehead atoms. The van der Waals surface area contributed by atoms with Crippen LogP contribution in [-0.4, -0.2) is 46.4 Å². The van der Waals surface area contributed by atoms with Gasteiger partial charge in [-0.25, -0.2) is 31.5 Å². The molecule has 4 heterocycles. The van der Waals surface area contributed by atoms with Crippen molar-refractivity contribution >= 4 is 27.0 Å². The monoisotopic (exact) mass is 631 g/mol. The molecular formula is C33H31F2N5O2S2. The Morgan fingerprint density at radius 2 is 1.73 bits per heavy atom. The van der Waals surface area contributed by atoms with Crippen LogP contribution in [0.5, 0.6) is 0 Å². The van der Waals surface area contributed by atoms with Gasteiger partial charge in [0.05, 0.1) is 35.0 Å². The molecule has 0 atom stereocenters. The van der Waals surface area contributed by atoms with Gasteiger partial charge in [0.1, 0.15) is 22.3 Å². The van der Waals surface area contributed by atoms with Crippen LogP contribution in [0.25, 0.3) is 38.7 Å². The lowest BCUT2D eigenvalue weighted by molar-refractivity contribution is 0.321. The number of nitriles is 1. The van der Waals surface area contributed by atoms with E-state index in [-0.39, 0.29) is 17.3 Å². The van der Waals surface area contributed by atoms with E-state index < -0.39 is 15.8 Å². The first kappa shape index (κ1) is 30.1. The molecule has 7 nitrogen and oxygen atoms in total. The Kier molecular flexibility index (Phi) is 7.86. The first-order valence-electron chi connectivity index (χ1n) is 14.4. The zero-order valence-electron chi connectivity index (χ0n) is 24.9. The van der Waals surface area contributed by atoms with E-state index in [2.05, 4.69) is 12.3 Å². The summed E-state index contributed by atoms with van der Waals surface area (Å²) in [4.78, 5) is 10.3. The Morgan fingerprint density at radius 3 is 2.41 bits per heavy atom. The maximum absolute atomic E-state index is 16.2. The number of aryl methyl sites for hydroxylation is 2. The molecule has 0 N–H and O–H groups in total. The van der Waals surface area contributed by atoms with Crippen LogP contribution in [0.15, 0.2) is 48.7 Å². The third kappa shape index (κ3) is 5.31. The number of aromatic nitrogens is 3. The van der Waals surface area contributed by atoms with Gasteiger partial charge in [0, 0.05) is 40.9 Å². The highest BCUT2D eigenvalue weighted by atomic mass is 32.2. The van der Waals surface area contributed by atoms with Crippen LogP contribution in [-0.2, 0) is 16.4 Å². The molecule has 0 saturated carbocycles. The summed E-state index contributed by atoms with van der Waals surface area (Å²) in [5, 5.41) is 10.0. The standard InChI is InChI=1S/C33H31F2N5O2S2/c1-5-28-32(40-18-22(6-11-29(40)37-28)21-12-14-39(15-13-21)44(4,41)42)25-9-10-27(30(35)19(25)2)33-38-31(20(3)43-33)26-8-7-24(34)16-23(26)17-36/h6-11,16,18,21H,5,12-15H2,1-4H3. The van der Waals surface area contributed by atoms with Gasteiger partial charge >= 0.3 is 0 Å². The summed E-state index contributed by atoms with van der Waals surface area (Å²) >= 11 is 1.33. The molecule has 0 unspecified atom stereocenters. The van der Waals surface area contributed by atoms with Gasteiger partial charge in [-0.2, -0.15) is 5.26 Å². The van der Waals surface area contributed by atoms with Crippen LogP contribution in [0.2, 0.25) is 0 Å². The third-order valence-corrected chi connectivity index (χ3v) is 10.8. The van der Waals surface area contributed by atoms with Crippen molar-refractivity contribution in [3.05, 3.63) is 87.6 Å². The fourth-order valence-corrected chi connectivity index (χ4v) is 7.91. The lowest BCUT2D eigenvalue weighted by Gasteiger charge is -2.30. The highest BCUT2D eigenvalue weighted by Crippen LogP contribution is 2.39. The molecule has 1 aliphatic rings. The number of pyridine rings is 1. The van der Waals surface area contributed by atoms with Crippen LogP contribution in [0.1, 0.15) is 52.9 Å². The van der Waals surface area contributed by atoms with Crippen LogP contribution in [0.3, 0.4) is 0 Å². The zero-order chi connectivity index (χ0) is 31.3. The fraction of sp³-hybridized carbons (Fsp3) is 0.303. The van der Waals surface area contributed by atoms with Gasteiger partial charge in [0.15, 0.2) is 0 Å². The number of rotatable bonds is 6. The molecule has 0 radical (unpaired) electrons. The van der Waals surface area contributed by atoms with Crippen molar-refractivity contribution < 1.29 is 17.2 Å². The Bertz CT molecular complexity index is 2070. The minimum absolute atomic E-state index is 0.178. The summed E-state index contributed by atoms with van der Waals surface area (Å²) in [5.74, 6) is -0.675. The van der Waals surface area contributed by atoms with Gasteiger partial charge in [0.2, 0.25) is 10.0 Å². The number of sulfonamides is 1. The van der Waals surface area contributed by atoms with Crippen LogP contribution in [0.4, 0.5) is 8.78 Å². The molecule has 0 amide bonds. The largest absolute Gasteiger partial charge is 0.299 e. The number of benzene rings is 2. The van der Waals surface area contributed by atoms with Crippen molar-refractivity contribution in [1.29, 1.82) is 5.26 Å². The topological polar surface area (TPSA) is 91.4 Å². The maximum Gasteiger partial charge on any atom is 0.211 e. The molecule has 0 spiro atoms. The molecule has 11 heteroatoms. The van der Waals surface area contributed by atoms with Crippen LogP contribution < -0.4 is 0 Å². The Balaban J connectivity index is 1.39. The van der Waals surface area contributed by atoms with E-state index >= 15 is 4.39 Å². The first-order chi connectivity index (χ1) is 21.0. The van der Waals surface area contributed by atoms with Gasteiger partial charge in [-0.3, -0.25) is 4.40 Å². The van der Waals surface area contributed by atoms with E-state index in [0.29, 0.717) is 46.9 Å². The molecular weight excluding hydrogens is 601 g/mol. The van der Waals surface area contributed by atoms with Crippen molar-refractivity contribution in [3.63, 3.8) is 0 Å². The molecule has 3 aromatic heterocycles. The smallest absolute Gasteiger partial charge is 0.211 e. The van der Waals surface area contributed by atoms with Crippen molar-refractivity contribution in [3.8, 4) is 39.2 Å². The molecule has 1 saturated heterocycles. The highest BCUT2D eigenvalue weighted by molar-refractivity contribution is 7.88. The number of nitrogens with zero attached hydrogens (tertiary/aromatic N) is 5. The molecule has 1 aliphatic heterocycles. The number of thiazole rings is 1. The molecule has 226 valence electrons.